The minimum Gasteiger partial charge on any atom is -0.440 e. The Morgan fingerprint density at radius 2 is 1.95 bits per heavy atom. The van der Waals surface area contributed by atoms with Gasteiger partial charge in [-0.1, -0.05) is 33.8 Å². The lowest BCUT2D eigenvalue weighted by Crippen LogP contribution is -2.39. The molecule has 1 N–H and O–H groups in total. The lowest BCUT2D eigenvalue weighted by Gasteiger charge is -2.33. The van der Waals surface area contributed by atoms with Crippen molar-refractivity contribution in [3.8, 4) is 0 Å². The average Bonchev–Trinajstić information content (AvgIpc) is 2.90. The van der Waals surface area contributed by atoms with E-state index in [1.54, 1.807) is 0 Å². The third kappa shape index (κ3) is 2.59. The highest BCUT2D eigenvalue weighted by Gasteiger charge is 2.36. The van der Waals surface area contributed by atoms with Crippen molar-refractivity contribution in [3.05, 3.63) is 29.7 Å². The van der Waals surface area contributed by atoms with Crippen LogP contribution in [-0.4, -0.2) is 18.1 Å². The summed E-state index contributed by atoms with van der Waals surface area (Å²) in [6.45, 7) is 11.1. The number of aromatic nitrogens is 1. The molecular weight excluding hydrogens is 260 g/mol. The lowest BCUT2D eigenvalue weighted by atomic mass is 9.76. The predicted molar refractivity (Wildman–Crippen MR) is 86.8 cm³/mol. The van der Waals surface area contributed by atoms with Gasteiger partial charge in [-0.05, 0) is 55.5 Å². The summed E-state index contributed by atoms with van der Waals surface area (Å²) < 4.78 is 6.13. The van der Waals surface area contributed by atoms with Gasteiger partial charge in [0.1, 0.15) is 5.52 Å². The van der Waals surface area contributed by atoms with Crippen molar-refractivity contribution in [2.75, 3.05) is 13.1 Å². The summed E-state index contributed by atoms with van der Waals surface area (Å²) in [6, 6.07) is 6.43. The van der Waals surface area contributed by atoms with Gasteiger partial charge in [-0.15, -0.1) is 0 Å². The van der Waals surface area contributed by atoms with E-state index in [0.717, 1.165) is 49.3 Å². The fraction of sp³-hybridized carbons (Fsp3) is 0.611. The zero-order valence-electron chi connectivity index (χ0n) is 13.6. The van der Waals surface area contributed by atoms with Crippen LogP contribution in [0.25, 0.3) is 11.1 Å². The topological polar surface area (TPSA) is 38.1 Å². The Morgan fingerprint density at radius 3 is 2.57 bits per heavy atom. The molecule has 3 rings (SSSR count). The van der Waals surface area contributed by atoms with Gasteiger partial charge in [0.05, 0.1) is 0 Å². The number of oxazole rings is 1. The van der Waals surface area contributed by atoms with E-state index in [1.165, 1.54) is 5.56 Å². The molecule has 0 radical (unpaired) electrons. The van der Waals surface area contributed by atoms with Crippen molar-refractivity contribution >= 4 is 11.1 Å². The second kappa shape index (κ2) is 5.13. The SMILES string of the molecule is CCC1(c2nc3cc(C(C)(C)C)ccc3o2)CCNCC1. The number of nitrogens with one attached hydrogen (secondary N) is 1. The van der Waals surface area contributed by atoms with Crippen LogP contribution in [0.15, 0.2) is 22.6 Å². The molecule has 21 heavy (non-hydrogen) atoms. The summed E-state index contributed by atoms with van der Waals surface area (Å²) in [6.07, 6.45) is 3.32. The minimum atomic E-state index is 0.117. The minimum absolute atomic E-state index is 0.117. The van der Waals surface area contributed by atoms with Crippen LogP contribution in [0.5, 0.6) is 0 Å². The first-order chi connectivity index (χ1) is 9.94. The first kappa shape index (κ1) is 14.6. The molecule has 0 atom stereocenters. The van der Waals surface area contributed by atoms with E-state index in [9.17, 15) is 0 Å². The standard InChI is InChI=1S/C18H26N2O/c1-5-18(8-10-19-11-9-18)16-20-14-12-13(17(2,3)4)6-7-15(14)21-16/h6-7,12,19H,5,8-11H2,1-4H3. The molecule has 2 heterocycles. The summed E-state index contributed by atoms with van der Waals surface area (Å²) in [5.41, 5.74) is 3.50. The van der Waals surface area contributed by atoms with Gasteiger partial charge in [-0.3, -0.25) is 0 Å². The van der Waals surface area contributed by atoms with E-state index in [-0.39, 0.29) is 10.8 Å². The lowest BCUT2D eigenvalue weighted by molar-refractivity contribution is 0.243. The van der Waals surface area contributed by atoms with Crippen molar-refractivity contribution in [1.82, 2.24) is 10.3 Å². The van der Waals surface area contributed by atoms with E-state index in [2.05, 4.69) is 51.2 Å². The Hall–Kier alpha value is -1.35. The van der Waals surface area contributed by atoms with Gasteiger partial charge in [0.15, 0.2) is 5.58 Å². The quantitative estimate of drug-likeness (QED) is 0.901. The number of fused-ring (bicyclic) bond motifs is 1. The van der Waals surface area contributed by atoms with Crippen LogP contribution >= 0.6 is 0 Å². The maximum Gasteiger partial charge on any atom is 0.201 e. The maximum absolute atomic E-state index is 6.13. The number of benzene rings is 1. The van der Waals surface area contributed by atoms with Gasteiger partial charge in [-0.2, -0.15) is 0 Å². The molecule has 1 aliphatic rings. The summed E-state index contributed by atoms with van der Waals surface area (Å²) in [4.78, 5) is 4.86. The van der Waals surface area contributed by atoms with Crippen LogP contribution in [0.1, 0.15) is 58.4 Å². The van der Waals surface area contributed by atoms with Crippen LogP contribution < -0.4 is 5.32 Å². The molecule has 3 nitrogen and oxygen atoms in total. The molecule has 0 aliphatic carbocycles. The van der Waals surface area contributed by atoms with E-state index in [1.807, 2.05) is 0 Å². The number of hydrogen-bond acceptors (Lipinski definition) is 3. The molecular formula is C18H26N2O. The molecule has 1 aromatic heterocycles. The second-order valence-corrected chi connectivity index (χ2v) is 7.34. The molecule has 0 unspecified atom stereocenters. The number of nitrogens with zero attached hydrogens (tertiary/aromatic N) is 1. The Morgan fingerprint density at radius 1 is 1.24 bits per heavy atom. The van der Waals surface area contributed by atoms with Crippen LogP contribution in [-0.2, 0) is 10.8 Å². The van der Waals surface area contributed by atoms with Crippen LogP contribution in [0, 0.1) is 0 Å². The van der Waals surface area contributed by atoms with Crippen molar-refractivity contribution in [3.63, 3.8) is 0 Å². The average molecular weight is 286 g/mol. The van der Waals surface area contributed by atoms with Crippen molar-refractivity contribution < 1.29 is 4.42 Å². The largest absolute Gasteiger partial charge is 0.440 e. The molecule has 3 heteroatoms. The zero-order chi connectivity index (χ0) is 15.1. The summed E-state index contributed by atoms with van der Waals surface area (Å²) in [5, 5.41) is 3.44. The van der Waals surface area contributed by atoms with E-state index in [0.29, 0.717) is 0 Å². The molecule has 1 aromatic carbocycles. The number of rotatable bonds is 2. The third-order valence-electron chi connectivity index (χ3n) is 4.94. The van der Waals surface area contributed by atoms with E-state index >= 15 is 0 Å². The predicted octanol–water partition coefficient (Wildman–Crippen LogP) is 4.16. The first-order valence-corrected chi connectivity index (χ1v) is 8.07. The monoisotopic (exact) mass is 286 g/mol. The smallest absolute Gasteiger partial charge is 0.201 e. The van der Waals surface area contributed by atoms with Crippen LogP contribution in [0.3, 0.4) is 0 Å². The van der Waals surface area contributed by atoms with Gasteiger partial charge in [0.25, 0.3) is 0 Å². The van der Waals surface area contributed by atoms with Crippen molar-refractivity contribution in [1.29, 1.82) is 0 Å². The summed E-state index contributed by atoms with van der Waals surface area (Å²) in [5.74, 6) is 0.938. The zero-order valence-corrected chi connectivity index (χ0v) is 13.6. The third-order valence-corrected chi connectivity index (χ3v) is 4.94. The van der Waals surface area contributed by atoms with Gasteiger partial charge < -0.3 is 9.73 Å². The summed E-state index contributed by atoms with van der Waals surface area (Å²) >= 11 is 0. The molecule has 1 fully saturated rings. The number of piperidine rings is 1. The van der Waals surface area contributed by atoms with Gasteiger partial charge >= 0.3 is 0 Å². The van der Waals surface area contributed by atoms with Crippen LogP contribution in [0.4, 0.5) is 0 Å². The Bertz CT molecular complexity index is 630. The van der Waals surface area contributed by atoms with Crippen molar-refractivity contribution in [2.45, 2.75) is 57.8 Å². The second-order valence-electron chi connectivity index (χ2n) is 7.34. The van der Waals surface area contributed by atoms with Crippen LogP contribution in [0.2, 0.25) is 0 Å². The Labute approximate surface area is 127 Å². The molecule has 0 saturated carbocycles. The molecule has 114 valence electrons. The highest BCUT2D eigenvalue weighted by molar-refractivity contribution is 5.74. The fourth-order valence-electron chi connectivity index (χ4n) is 3.24. The molecule has 0 spiro atoms. The van der Waals surface area contributed by atoms with Gasteiger partial charge in [-0.25, -0.2) is 4.98 Å². The highest BCUT2D eigenvalue weighted by atomic mass is 16.3. The first-order valence-electron chi connectivity index (χ1n) is 8.07. The summed E-state index contributed by atoms with van der Waals surface area (Å²) in [7, 11) is 0. The van der Waals surface area contributed by atoms with Gasteiger partial charge in [0.2, 0.25) is 5.89 Å². The molecule has 2 aromatic rings. The maximum atomic E-state index is 6.13. The normalized spacial score (nSPS) is 19.0. The van der Waals surface area contributed by atoms with E-state index in [4.69, 9.17) is 9.40 Å². The highest BCUT2D eigenvalue weighted by Crippen LogP contribution is 2.38. The Kier molecular flexibility index (Phi) is 3.56. The number of hydrogen-bond donors (Lipinski definition) is 1. The fourth-order valence-corrected chi connectivity index (χ4v) is 3.24. The molecule has 1 aliphatic heterocycles. The molecule has 0 bridgehead atoms. The van der Waals surface area contributed by atoms with Gasteiger partial charge in [0, 0.05) is 5.41 Å². The van der Waals surface area contributed by atoms with E-state index < -0.39 is 0 Å². The molecule has 1 saturated heterocycles. The molecule has 0 amide bonds. The Balaban J connectivity index is 2.04. The van der Waals surface area contributed by atoms with Crippen molar-refractivity contribution in [2.24, 2.45) is 0 Å².